The molecule has 0 radical (unpaired) electrons. The van der Waals surface area contributed by atoms with Crippen molar-refractivity contribution in [3.63, 3.8) is 0 Å². The lowest BCUT2D eigenvalue weighted by atomic mass is 10.1. The van der Waals surface area contributed by atoms with Crippen LogP contribution in [0.25, 0.3) is 0 Å². The standard InChI is InChI=1S/C12H19N3O3S/c1-9-5-10(2)15(14-9)7-12(16)13-6-11-3-4-19(17,18)8-11/h5,11H,3-4,6-8H2,1-2H3,(H,13,16)/t11-/m0/s1. The number of nitrogens with one attached hydrogen (secondary N) is 1. The van der Waals surface area contributed by atoms with E-state index in [9.17, 15) is 13.2 Å². The smallest absolute Gasteiger partial charge is 0.241 e. The van der Waals surface area contributed by atoms with Crippen LogP contribution < -0.4 is 5.32 Å². The molecule has 1 fully saturated rings. The number of sulfone groups is 1. The molecular formula is C12H19N3O3S. The predicted molar refractivity (Wildman–Crippen MR) is 71.5 cm³/mol. The summed E-state index contributed by atoms with van der Waals surface area (Å²) in [5.74, 6) is 0.350. The molecule has 2 heterocycles. The third kappa shape index (κ3) is 3.79. The molecule has 1 saturated heterocycles. The van der Waals surface area contributed by atoms with Gasteiger partial charge in [0.15, 0.2) is 9.84 Å². The number of nitrogens with zero attached hydrogens (tertiary/aromatic N) is 2. The Labute approximate surface area is 113 Å². The molecule has 1 aromatic heterocycles. The number of aromatic nitrogens is 2. The van der Waals surface area contributed by atoms with E-state index in [2.05, 4.69) is 10.4 Å². The topological polar surface area (TPSA) is 81.1 Å². The summed E-state index contributed by atoms with van der Waals surface area (Å²) in [6.45, 7) is 4.39. The fourth-order valence-corrected chi connectivity index (χ4v) is 4.18. The van der Waals surface area contributed by atoms with Crippen molar-refractivity contribution in [2.24, 2.45) is 5.92 Å². The zero-order valence-corrected chi connectivity index (χ0v) is 12.0. The average Bonchev–Trinajstić information content (AvgIpc) is 2.79. The minimum atomic E-state index is -2.87. The van der Waals surface area contributed by atoms with Crippen LogP contribution in [-0.4, -0.2) is 42.2 Å². The number of carbonyl (C=O) groups excluding carboxylic acids is 1. The van der Waals surface area contributed by atoms with Gasteiger partial charge in [0.1, 0.15) is 6.54 Å². The minimum absolute atomic E-state index is 0.0504. The Bertz CT molecular complexity index is 577. The van der Waals surface area contributed by atoms with Crippen molar-refractivity contribution < 1.29 is 13.2 Å². The summed E-state index contributed by atoms with van der Waals surface area (Å²) in [5, 5.41) is 7.00. The highest BCUT2D eigenvalue weighted by Crippen LogP contribution is 2.17. The number of hydrogen-bond donors (Lipinski definition) is 1. The predicted octanol–water partition coefficient (Wildman–Crippen LogP) is 0.0508. The van der Waals surface area contributed by atoms with Gasteiger partial charge in [0.2, 0.25) is 5.91 Å². The molecule has 1 aromatic rings. The zero-order valence-electron chi connectivity index (χ0n) is 11.2. The van der Waals surface area contributed by atoms with Crippen LogP contribution in [0.3, 0.4) is 0 Å². The van der Waals surface area contributed by atoms with E-state index in [1.54, 1.807) is 4.68 Å². The van der Waals surface area contributed by atoms with E-state index in [0.29, 0.717) is 13.0 Å². The fraction of sp³-hybridized carbons (Fsp3) is 0.667. The largest absolute Gasteiger partial charge is 0.354 e. The molecule has 6 nitrogen and oxygen atoms in total. The van der Waals surface area contributed by atoms with Crippen molar-refractivity contribution in [1.82, 2.24) is 15.1 Å². The molecule has 0 unspecified atom stereocenters. The van der Waals surface area contributed by atoms with Gasteiger partial charge in [0.05, 0.1) is 17.2 Å². The Morgan fingerprint density at radius 3 is 2.79 bits per heavy atom. The van der Waals surface area contributed by atoms with Crippen LogP contribution in [0.2, 0.25) is 0 Å². The molecule has 0 aliphatic carbocycles. The van der Waals surface area contributed by atoms with Gasteiger partial charge >= 0.3 is 0 Å². The molecule has 1 atom stereocenters. The van der Waals surface area contributed by atoms with Gasteiger partial charge in [0, 0.05) is 12.2 Å². The maximum absolute atomic E-state index is 11.8. The Hall–Kier alpha value is -1.37. The summed E-state index contributed by atoms with van der Waals surface area (Å²) in [6, 6.07) is 1.91. The second kappa shape index (κ2) is 5.32. The first-order valence-corrected chi connectivity index (χ1v) is 8.16. The van der Waals surface area contributed by atoms with Gasteiger partial charge in [-0.3, -0.25) is 9.48 Å². The Morgan fingerprint density at radius 2 is 2.26 bits per heavy atom. The van der Waals surface area contributed by atoms with Crippen LogP contribution in [0.4, 0.5) is 0 Å². The first kappa shape index (κ1) is 14.0. The summed E-state index contributed by atoms with van der Waals surface area (Å²) < 4.78 is 24.2. The van der Waals surface area contributed by atoms with Crippen molar-refractivity contribution >= 4 is 15.7 Å². The zero-order chi connectivity index (χ0) is 14.0. The van der Waals surface area contributed by atoms with Crippen LogP contribution >= 0.6 is 0 Å². The van der Waals surface area contributed by atoms with Gasteiger partial charge in [-0.1, -0.05) is 0 Å². The monoisotopic (exact) mass is 285 g/mol. The molecule has 1 N–H and O–H groups in total. The van der Waals surface area contributed by atoms with Gasteiger partial charge in [-0.05, 0) is 32.3 Å². The summed E-state index contributed by atoms with van der Waals surface area (Å²) in [6.07, 6.45) is 0.641. The van der Waals surface area contributed by atoms with E-state index in [-0.39, 0.29) is 29.9 Å². The fourth-order valence-electron chi connectivity index (χ4n) is 2.32. The van der Waals surface area contributed by atoms with E-state index in [1.807, 2.05) is 19.9 Å². The molecule has 2 rings (SSSR count). The van der Waals surface area contributed by atoms with Gasteiger partial charge in [-0.2, -0.15) is 5.10 Å². The Kier molecular flexibility index (Phi) is 3.93. The number of amides is 1. The van der Waals surface area contributed by atoms with Gasteiger partial charge in [0.25, 0.3) is 0 Å². The molecule has 0 spiro atoms. The summed E-state index contributed by atoms with van der Waals surface area (Å²) in [5.41, 5.74) is 1.82. The molecule has 1 amide bonds. The molecule has 1 aliphatic heterocycles. The molecule has 0 aromatic carbocycles. The maximum atomic E-state index is 11.8. The van der Waals surface area contributed by atoms with Crippen LogP contribution in [0.1, 0.15) is 17.8 Å². The Balaban J connectivity index is 1.81. The second-order valence-electron chi connectivity index (χ2n) is 5.16. The van der Waals surface area contributed by atoms with Gasteiger partial charge in [-0.25, -0.2) is 8.42 Å². The summed E-state index contributed by atoms with van der Waals surface area (Å²) in [4.78, 5) is 11.8. The highest BCUT2D eigenvalue weighted by atomic mass is 32.2. The number of aryl methyl sites for hydroxylation is 2. The van der Waals surface area contributed by atoms with Crippen LogP contribution in [0.15, 0.2) is 6.07 Å². The molecule has 7 heteroatoms. The van der Waals surface area contributed by atoms with E-state index >= 15 is 0 Å². The quantitative estimate of drug-likeness (QED) is 0.847. The van der Waals surface area contributed by atoms with Crippen molar-refractivity contribution in [2.45, 2.75) is 26.8 Å². The van der Waals surface area contributed by atoms with E-state index in [0.717, 1.165) is 11.4 Å². The van der Waals surface area contributed by atoms with E-state index in [4.69, 9.17) is 0 Å². The van der Waals surface area contributed by atoms with Crippen molar-refractivity contribution in [1.29, 1.82) is 0 Å². The van der Waals surface area contributed by atoms with Crippen molar-refractivity contribution in [3.8, 4) is 0 Å². The van der Waals surface area contributed by atoms with Gasteiger partial charge in [-0.15, -0.1) is 0 Å². The molecule has 0 bridgehead atoms. The first-order valence-electron chi connectivity index (χ1n) is 6.34. The lowest BCUT2D eigenvalue weighted by molar-refractivity contribution is -0.122. The second-order valence-corrected chi connectivity index (χ2v) is 7.39. The molecule has 19 heavy (non-hydrogen) atoms. The van der Waals surface area contributed by atoms with Crippen molar-refractivity contribution in [2.75, 3.05) is 18.1 Å². The van der Waals surface area contributed by atoms with Crippen LogP contribution in [-0.2, 0) is 21.2 Å². The van der Waals surface area contributed by atoms with E-state index in [1.165, 1.54) is 0 Å². The lowest BCUT2D eigenvalue weighted by Gasteiger charge is -2.10. The normalized spacial score (nSPS) is 21.5. The van der Waals surface area contributed by atoms with Crippen LogP contribution in [0, 0.1) is 19.8 Å². The number of rotatable bonds is 4. The maximum Gasteiger partial charge on any atom is 0.241 e. The molecule has 0 saturated carbocycles. The third-order valence-electron chi connectivity index (χ3n) is 3.31. The highest BCUT2D eigenvalue weighted by Gasteiger charge is 2.27. The highest BCUT2D eigenvalue weighted by molar-refractivity contribution is 7.91. The molecular weight excluding hydrogens is 266 g/mol. The molecule has 106 valence electrons. The lowest BCUT2D eigenvalue weighted by Crippen LogP contribution is -2.33. The Morgan fingerprint density at radius 1 is 1.53 bits per heavy atom. The van der Waals surface area contributed by atoms with Gasteiger partial charge < -0.3 is 5.32 Å². The number of hydrogen-bond acceptors (Lipinski definition) is 4. The van der Waals surface area contributed by atoms with E-state index < -0.39 is 9.84 Å². The third-order valence-corrected chi connectivity index (χ3v) is 5.15. The average molecular weight is 285 g/mol. The van der Waals surface area contributed by atoms with Crippen LogP contribution in [0.5, 0.6) is 0 Å². The summed E-state index contributed by atoms with van der Waals surface area (Å²) in [7, 11) is -2.87. The molecule has 1 aliphatic rings. The summed E-state index contributed by atoms with van der Waals surface area (Å²) >= 11 is 0. The first-order chi connectivity index (χ1) is 8.85. The SMILES string of the molecule is Cc1cc(C)n(CC(=O)NC[C@@H]2CCS(=O)(=O)C2)n1. The number of carbonyl (C=O) groups is 1. The van der Waals surface area contributed by atoms with Crippen molar-refractivity contribution in [3.05, 3.63) is 17.5 Å². The minimum Gasteiger partial charge on any atom is -0.354 e.